The van der Waals surface area contributed by atoms with Gasteiger partial charge in [0.1, 0.15) is 0 Å². The summed E-state index contributed by atoms with van der Waals surface area (Å²) in [6.45, 7) is 0. The summed E-state index contributed by atoms with van der Waals surface area (Å²) < 4.78 is 5.29. The molecule has 4 rings (SSSR count). The SMILES string of the molecule is Nc1onc(C2CC3CCC2C3)c1-c1ccc(Cl)c(Cl)c1. The summed E-state index contributed by atoms with van der Waals surface area (Å²) in [5.74, 6) is 2.40. The fourth-order valence-electron chi connectivity index (χ4n) is 4.09. The second-order valence-electron chi connectivity index (χ2n) is 6.22. The fraction of sp³-hybridized carbons (Fsp3) is 0.438. The maximum Gasteiger partial charge on any atom is 0.230 e. The third-order valence-corrected chi connectivity index (χ3v) is 5.78. The van der Waals surface area contributed by atoms with Crippen LogP contribution < -0.4 is 5.73 Å². The molecule has 2 fully saturated rings. The molecule has 0 radical (unpaired) electrons. The van der Waals surface area contributed by atoms with E-state index in [1.807, 2.05) is 12.1 Å². The lowest BCUT2D eigenvalue weighted by molar-refractivity contribution is 0.375. The summed E-state index contributed by atoms with van der Waals surface area (Å²) in [5.41, 5.74) is 8.85. The van der Waals surface area contributed by atoms with E-state index in [0.717, 1.165) is 28.7 Å². The zero-order chi connectivity index (χ0) is 14.6. The molecule has 1 aromatic heterocycles. The number of fused-ring (bicyclic) bond motifs is 2. The number of halogens is 2. The van der Waals surface area contributed by atoms with Crippen molar-refractivity contribution in [2.24, 2.45) is 11.8 Å². The highest BCUT2D eigenvalue weighted by molar-refractivity contribution is 6.42. The molecule has 0 amide bonds. The third-order valence-electron chi connectivity index (χ3n) is 5.04. The number of aromatic nitrogens is 1. The van der Waals surface area contributed by atoms with Gasteiger partial charge in [0.15, 0.2) is 0 Å². The number of anilines is 1. The molecule has 0 spiro atoms. The van der Waals surface area contributed by atoms with Crippen LogP contribution in [0.15, 0.2) is 22.7 Å². The van der Waals surface area contributed by atoms with Crippen molar-refractivity contribution in [3.63, 3.8) is 0 Å². The number of nitrogen functional groups attached to an aromatic ring is 1. The summed E-state index contributed by atoms with van der Waals surface area (Å²) in [6, 6.07) is 5.55. The minimum atomic E-state index is 0.367. The Morgan fingerprint density at radius 2 is 2.00 bits per heavy atom. The number of rotatable bonds is 2. The predicted molar refractivity (Wildman–Crippen MR) is 84.6 cm³/mol. The fourth-order valence-corrected chi connectivity index (χ4v) is 4.39. The van der Waals surface area contributed by atoms with Crippen LogP contribution >= 0.6 is 23.2 Å². The van der Waals surface area contributed by atoms with Crippen LogP contribution in [0, 0.1) is 11.8 Å². The van der Waals surface area contributed by atoms with Gasteiger partial charge in [0.2, 0.25) is 5.88 Å². The standard InChI is InChI=1S/C16H16Cl2N2O/c17-12-4-3-10(7-13(12)18)14-15(20-21-16(14)19)11-6-8-1-2-9(11)5-8/h3-4,7-9,11H,1-2,5-6,19H2. The van der Waals surface area contributed by atoms with Gasteiger partial charge in [-0.05, 0) is 48.8 Å². The first-order chi connectivity index (χ1) is 10.1. The van der Waals surface area contributed by atoms with Gasteiger partial charge in [0, 0.05) is 5.92 Å². The van der Waals surface area contributed by atoms with Crippen LogP contribution in [-0.2, 0) is 0 Å². The number of hydrogen-bond donors (Lipinski definition) is 1. The smallest absolute Gasteiger partial charge is 0.230 e. The van der Waals surface area contributed by atoms with Crippen molar-refractivity contribution in [1.82, 2.24) is 5.16 Å². The quantitative estimate of drug-likeness (QED) is 0.833. The summed E-state index contributed by atoms with van der Waals surface area (Å²) in [5, 5.41) is 5.33. The molecular formula is C16H16Cl2N2O. The molecule has 2 saturated carbocycles. The minimum Gasteiger partial charge on any atom is -0.367 e. The molecule has 1 aromatic carbocycles. The number of benzene rings is 1. The van der Waals surface area contributed by atoms with Crippen LogP contribution in [-0.4, -0.2) is 5.16 Å². The first kappa shape index (κ1) is 13.5. The number of hydrogen-bond acceptors (Lipinski definition) is 3. The maximum atomic E-state index is 6.13. The highest BCUT2D eigenvalue weighted by atomic mass is 35.5. The molecule has 2 aromatic rings. The molecule has 2 aliphatic carbocycles. The van der Waals surface area contributed by atoms with E-state index in [1.54, 1.807) is 6.07 Å². The Kier molecular flexibility index (Phi) is 3.16. The van der Waals surface area contributed by atoms with Gasteiger partial charge in [0.25, 0.3) is 0 Å². The molecule has 3 unspecified atom stereocenters. The number of nitrogens with zero attached hydrogens (tertiary/aromatic N) is 1. The molecule has 3 nitrogen and oxygen atoms in total. The Bertz CT molecular complexity index is 698. The van der Waals surface area contributed by atoms with Crippen LogP contribution in [0.4, 0.5) is 5.88 Å². The van der Waals surface area contributed by atoms with Gasteiger partial charge < -0.3 is 10.3 Å². The summed E-state index contributed by atoms with van der Waals surface area (Å²) in [4.78, 5) is 0. The highest BCUT2D eigenvalue weighted by Gasteiger charge is 2.43. The van der Waals surface area contributed by atoms with Crippen molar-refractivity contribution < 1.29 is 4.52 Å². The lowest BCUT2D eigenvalue weighted by atomic mass is 9.84. The van der Waals surface area contributed by atoms with Gasteiger partial charge in [-0.1, -0.05) is 40.8 Å². The maximum absolute atomic E-state index is 6.13. The second-order valence-corrected chi connectivity index (χ2v) is 7.03. The van der Waals surface area contributed by atoms with Gasteiger partial charge in [0.05, 0.1) is 21.3 Å². The Labute approximate surface area is 133 Å². The van der Waals surface area contributed by atoms with Gasteiger partial charge in [-0.3, -0.25) is 0 Å². The van der Waals surface area contributed by atoms with Crippen molar-refractivity contribution in [3.8, 4) is 11.1 Å². The third kappa shape index (κ3) is 2.14. The molecule has 2 bridgehead atoms. The van der Waals surface area contributed by atoms with Crippen LogP contribution in [0.1, 0.15) is 37.3 Å². The van der Waals surface area contributed by atoms with Gasteiger partial charge >= 0.3 is 0 Å². The lowest BCUT2D eigenvalue weighted by Gasteiger charge is -2.20. The zero-order valence-electron chi connectivity index (χ0n) is 11.5. The van der Waals surface area contributed by atoms with Crippen molar-refractivity contribution in [2.75, 3.05) is 5.73 Å². The molecule has 0 saturated heterocycles. The van der Waals surface area contributed by atoms with E-state index >= 15 is 0 Å². The van der Waals surface area contributed by atoms with Crippen LogP contribution in [0.2, 0.25) is 10.0 Å². The lowest BCUT2D eigenvalue weighted by Crippen LogP contribution is -2.10. The topological polar surface area (TPSA) is 52.0 Å². The molecular weight excluding hydrogens is 307 g/mol. The first-order valence-corrected chi connectivity index (χ1v) is 8.09. The molecule has 5 heteroatoms. The second kappa shape index (κ2) is 4.92. The molecule has 0 aliphatic heterocycles. The Hall–Kier alpha value is -1.19. The van der Waals surface area contributed by atoms with E-state index in [4.69, 9.17) is 33.5 Å². The largest absolute Gasteiger partial charge is 0.367 e. The molecule has 2 aliphatic rings. The zero-order valence-corrected chi connectivity index (χ0v) is 13.0. The Morgan fingerprint density at radius 3 is 2.67 bits per heavy atom. The van der Waals surface area contributed by atoms with Crippen molar-refractivity contribution in [1.29, 1.82) is 0 Å². The van der Waals surface area contributed by atoms with Gasteiger partial charge in [-0.25, -0.2) is 0 Å². The average molecular weight is 323 g/mol. The Balaban J connectivity index is 1.78. The van der Waals surface area contributed by atoms with E-state index in [1.165, 1.54) is 25.7 Å². The van der Waals surface area contributed by atoms with E-state index in [-0.39, 0.29) is 0 Å². The molecule has 110 valence electrons. The normalized spacial score (nSPS) is 27.4. The van der Waals surface area contributed by atoms with E-state index in [0.29, 0.717) is 21.8 Å². The van der Waals surface area contributed by atoms with E-state index in [9.17, 15) is 0 Å². The first-order valence-electron chi connectivity index (χ1n) is 7.34. The van der Waals surface area contributed by atoms with Crippen LogP contribution in [0.3, 0.4) is 0 Å². The average Bonchev–Trinajstić information content (AvgIpc) is 3.16. The monoisotopic (exact) mass is 322 g/mol. The van der Waals surface area contributed by atoms with Gasteiger partial charge in [-0.2, -0.15) is 0 Å². The van der Waals surface area contributed by atoms with Crippen molar-refractivity contribution in [3.05, 3.63) is 33.9 Å². The Morgan fingerprint density at radius 1 is 1.14 bits per heavy atom. The molecule has 3 atom stereocenters. The van der Waals surface area contributed by atoms with E-state index < -0.39 is 0 Å². The molecule has 1 heterocycles. The van der Waals surface area contributed by atoms with Crippen LogP contribution in [0.5, 0.6) is 0 Å². The molecule has 2 N–H and O–H groups in total. The molecule has 21 heavy (non-hydrogen) atoms. The predicted octanol–water partition coefficient (Wildman–Crippen LogP) is 5.13. The number of nitrogens with two attached hydrogens (primary N) is 1. The highest BCUT2D eigenvalue weighted by Crippen LogP contribution is 2.54. The van der Waals surface area contributed by atoms with E-state index in [2.05, 4.69) is 5.16 Å². The van der Waals surface area contributed by atoms with Crippen molar-refractivity contribution in [2.45, 2.75) is 31.6 Å². The van der Waals surface area contributed by atoms with Crippen molar-refractivity contribution >= 4 is 29.1 Å². The summed E-state index contributed by atoms with van der Waals surface area (Å²) in [7, 11) is 0. The summed E-state index contributed by atoms with van der Waals surface area (Å²) in [6.07, 6.45) is 5.17. The summed E-state index contributed by atoms with van der Waals surface area (Å²) >= 11 is 12.1. The van der Waals surface area contributed by atoms with Gasteiger partial charge in [-0.15, -0.1) is 0 Å². The minimum absolute atomic E-state index is 0.367. The van der Waals surface area contributed by atoms with Crippen LogP contribution in [0.25, 0.3) is 11.1 Å².